The van der Waals surface area contributed by atoms with Gasteiger partial charge >= 0.3 is 5.97 Å². The number of pyridine rings is 1. The molecule has 16 nitrogen and oxygen atoms in total. The minimum absolute atomic E-state index is 0.0970. The van der Waals surface area contributed by atoms with Gasteiger partial charge in [-0.2, -0.15) is 0 Å². The van der Waals surface area contributed by atoms with E-state index in [1.807, 2.05) is 65.9 Å². The molecule has 4 aliphatic rings. The van der Waals surface area contributed by atoms with E-state index in [0.717, 1.165) is 45.6 Å². The van der Waals surface area contributed by atoms with E-state index in [1.165, 1.54) is 5.01 Å². The van der Waals surface area contributed by atoms with Gasteiger partial charge in [-0.3, -0.25) is 34.1 Å². The molecule has 6 heterocycles. The van der Waals surface area contributed by atoms with Crippen molar-refractivity contribution >= 4 is 40.3 Å². The van der Waals surface area contributed by atoms with E-state index < -0.39 is 41.0 Å². The third-order valence-electron chi connectivity index (χ3n) is 14.9. The van der Waals surface area contributed by atoms with Crippen LogP contribution in [-0.2, 0) is 51.1 Å². The lowest BCUT2D eigenvalue weighted by atomic mass is 9.84. The Hall–Kier alpha value is -5.05. The summed E-state index contributed by atoms with van der Waals surface area (Å²) in [6, 6.07) is 9.02. The molecular formula is C54H78N8O8. The molecule has 2 N–H and O–H groups in total. The monoisotopic (exact) mass is 967 g/mol. The fourth-order valence-corrected chi connectivity index (χ4v) is 9.97. The van der Waals surface area contributed by atoms with Gasteiger partial charge in [0.15, 0.2) is 0 Å². The van der Waals surface area contributed by atoms with E-state index in [2.05, 4.69) is 77.1 Å². The zero-order valence-corrected chi connectivity index (χ0v) is 43.6. The second kappa shape index (κ2) is 22.6. The molecule has 16 heteroatoms. The number of cyclic esters (lactones) is 1. The van der Waals surface area contributed by atoms with Crippen LogP contribution in [0.5, 0.6) is 0 Å². The second-order valence-corrected chi connectivity index (χ2v) is 21.5. The lowest BCUT2D eigenvalue weighted by Crippen LogP contribution is -2.61. The number of hydrogen-bond acceptors (Lipinski definition) is 12. The van der Waals surface area contributed by atoms with Crippen molar-refractivity contribution in [2.75, 3.05) is 78.6 Å². The fraction of sp³-hybridized carbons (Fsp3) is 0.648. The largest absolute Gasteiger partial charge is 0.464 e. The van der Waals surface area contributed by atoms with Crippen LogP contribution in [0.2, 0.25) is 0 Å². The predicted molar refractivity (Wildman–Crippen MR) is 271 cm³/mol. The van der Waals surface area contributed by atoms with Gasteiger partial charge in [0.2, 0.25) is 5.91 Å². The first kappa shape index (κ1) is 52.8. The Morgan fingerprint density at radius 3 is 2.53 bits per heavy atom. The molecule has 70 heavy (non-hydrogen) atoms. The molecular weight excluding hydrogens is 889 g/mol. The number of methoxy groups -OCH3 is 1. The number of hydrazine groups is 1. The number of amides is 3. The Kier molecular flexibility index (Phi) is 17.0. The summed E-state index contributed by atoms with van der Waals surface area (Å²) >= 11 is 0. The third kappa shape index (κ3) is 12.2. The summed E-state index contributed by atoms with van der Waals surface area (Å²) in [6.45, 7) is 20.4. The van der Waals surface area contributed by atoms with Crippen molar-refractivity contribution in [1.29, 1.82) is 0 Å². The van der Waals surface area contributed by atoms with Crippen molar-refractivity contribution in [3.05, 3.63) is 47.8 Å². The minimum atomic E-state index is -0.954. The van der Waals surface area contributed by atoms with Crippen LogP contribution in [0.15, 0.2) is 36.5 Å². The summed E-state index contributed by atoms with van der Waals surface area (Å²) in [5.74, 6) is 4.04. The van der Waals surface area contributed by atoms with Crippen LogP contribution in [0.1, 0.15) is 105 Å². The van der Waals surface area contributed by atoms with Gasteiger partial charge < -0.3 is 38.6 Å². The number of nitrogens with one attached hydrogen (secondary N) is 2. The van der Waals surface area contributed by atoms with Gasteiger partial charge in [0.1, 0.15) is 12.1 Å². The first-order valence-corrected chi connectivity index (χ1v) is 25.5. The molecule has 7 rings (SSSR count). The van der Waals surface area contributed by atoms with Crippen LogP contribution in [-0.4, -0.2) is 152 Å². The van der Waals surface area contributed by atoms with E-state index in [4.69, 9.17) is 23.9 Å². The van der Waals surface area contributed by atoms with Crippen molar-refractivity contribution in [1.82, 2.24) is 35.1 Å². The molecule has 2 aromatic heterocycles. The normalized spacial score (nSPS) is 22.6. The number of aryl methyl sites for hydroxylation is 1. The van der Waals surface area contributed by atoms with E-state index >= 15 is 0 Å². The van der Waals surface area contributed by atoms with Gasteiger partial charge in [0.05, 0.1) is 61.0 Å². The molecule has 4 aliphatic heterocycles. The van der Waals surface area contributed by atoms with Crippen molar-refractivity contribution in [3.8, 4) is 23.1 Å². The number of aromatic nitrogens is 2. The standard InChI is InChI=1S/C54H78N8O8/c1-12-61-46-18-17-37-29-41(46)42(49(61)40-15-13-23-55-48(40)36(4)67-11)31-53(5,6)34-70-52(66)44-16-14-24-62(57-44)51(65)45(30-39-32-60(37)27-28-68-39)56-50(64)43(35(2)3)33-69-38-20-25-59(26-21-38)47(63)19-22-54(7,8)58(9)10/h13,15,17-18,23,29,35-36,38-39,43-45,57H,12,14,16,20-21,24-28,30-34H2,1-11H3,(H,56,64)/t36?,39-,43-,44-,45-/m0/s1. The van der Waals surface area contributed by atoms with E-state index in [9.17, 15) is 19.2 Å². The van der Waals surface area contributed by atoms with Crippen molar-refractivity contribution < 1.29 is 38.1 Å². The molecule has 1 aromatic carbocycles. The van der Waals surface area contributed by atoms with Gasteiger partial charge in [-0.05, 0) is 122 Å². The zero-order chi connectivity index (χ0) is 50.5. The maximum atomic E-state index is 14.7. The van der Waals surface area contributed by atoms with Crippen molar-refractivity contribution in [3.63, 3.8) is 0 Å². The molecule has 0 aliphatic carbocycles. The van der Waals surface area contributed by atoms with Gasteiger partial charge in [-0.15, -0.1) is 0 Å². The lowest BCUT2D eigenvalue weighted by Gasteiger charge is -2.39. The number of carbonyl (C=O) groups is 4. The van der Waals surface area contributed by atoms with Crippen LogP contribution in [0, 0.1) is 29.1 Å². The summed E-state index contributed by atoms with van der Waals surface area (Å²) in [6.07, 6.45) is 4.23. The number of morpholine rings is 1. The number of anilines is 1. The van der Waals surface area contributed by atoms with E-state index in [1.54, 1.807) is 12.0 Å². The first-order chi connectivity index (χ1) is 33.3. The number of rotatable bonds is 11. The quantitative estimate of drug-likeness (QED) is 0.177. The average Bonchev–Trinajstić information content (AvgIpc) is 3.65. The lowest BCUT2D eigenvalue weighted by molar-refractivity contribution is -0.156. The number of fused-ring (bicyclic) bond motifs is 6. The maximum Gasteiger partial charge on any atom is 0.324 e. The van der Waals surface area contributed by atoms with Gasteiger partial charge in [-0.25, -0.2) is 5.43 Å². The predicted octanol–water partition coefficient (Wildman–Crippen LogP) is 5.76. The Morgan fingerprint density at radius 1 is 1.07 bits per heavy atom. The van der Waals surface area contributed by atoms with Crippen LogP contribution >= 0.6 is 0 Å². The van der Waals surface area contributed by atoms with Crippen molar-refractivity contribution in [2.24, 2.45) is 17.3 Å². The number of piperidine rings is 1. The molecule has 0 saturated carbocycles. The summed E-state index contributed by atoms with van der Waals surface area (Å²) < 4.78 is 27.2. The molecule has 3 aromatic rings. The molecule has 3 saturated heterocycles. The highest BCUT2D eigenvalue weighted by Gasteiger charge is 2.39. The minimum Gasteiger partial charge on any atom is -0.464 e. The SMILES string of the molecule is CCn1c(-c2cccnc2C(C)OC)c2c3cc(ccc31)N1CCO[C@@H](C[C@H](NC(=O)[C@@H](COC3CCN(C(=O)C#CC(C)(C)N(C)C)CC3)C(C)C)C(=O)N3CCC[C@H](N3)C(=O)OCC(C)(C)C2)C1. The fourth-order valence-electron chi connectivity index (χ4n) is 9.97. The summed E-state index contributed by atoms with van der Waals surface area (Å²) in [4.78, 5) is 67.0. The highest BCUT2D eigenvalue weighted by molar-refractivity contribution is 5.95. The second-order valence-electron chi connectivity index (χ2n) is 21.5. The summed E-state index contributed by atoms with van der Waals surface area (Å²) in [5, 5.41) is 5.75. The van der Waals surface area contributed by atoms with Crippen LogP contribution in [0.25, 0.3) is 22.2 Å². The molecule has 1 unspecified atom stereocenters. The summed E-state index contributed by atoms with van der Waals surface area (Å²) in [7, 11) is 5.58. The number of nitrogens with zero attached hydrogens (tertiary/aromatic N) is 6. The van der Waals surface area contributed by atoms with Crippen LogP contribution in [0.3, 0.4) is 0 Å². The Balaban J connectivity index is 1.15. The van der Waals surface area contributed by atoms with E-state index in [0.29, 0.717) is 71.4 Å². The van der Waals surface area contributed by atoms with Gasteiger partial charge in [0.25, 0.3) is 11.8 Å². The third-order valence-corrected chi connectivity index (χ3v) is 14.9. The first-order valence-electron chi connectivity index (χ1n) is 25.5. The highest BCUT2D eigenvalue weighted by atomic mass is 16.5. The number of carbonyl (C=O) groups excluding carboxylic acids is 4. The number of ether oxygens (including phenoxy) is 4. The Labute approximate surface area is 415 Å². The molecule has 382 valence electrons. The Bertz CT molecular complexity index is 2410. The zero-order valence-electron chi connectivity index (χ0n) is 43.6. The number of benzene rings is 1. The van der Waals surface area contributed by atoms with E-state index in [-0.39, 0.29) is 55.5 Å². The van der Waals surface area contributed by atoms with Crippen molar-refractivity contribution in [2.45, 2.75) is 136 Å². The smallest absolute Gasteiger partial charge is 0.324 e. The average molecular weight is 967 g/mol. The molecule has 3 amide bonds. The van der Waals surface area contributed by atoms with Gasteiger partial charge in [0, 0.05) is 86.6 Å². The van der Waals surface area contributed by atoms with Crippen LogP contribution < -0.4 is 15.6 Å². The Morgan fingerprint density at radius 2 is 1.83 bits per heavy atom. The molecule has 0 spiro atoms. The maximum absolute atomic E-state index is 14.7. The number of esters is 1. The molecule has 3 fully saturated rings. The number of likely N-dealkylation sites (tertiary alicyclic amines) is 1. The van der Waals surface area contributed by atoms with Gasteiger partial charge in [-0.1, -0.05) is 33.6 Å². The van der Waals surface area contributed by atoms with Crippen LogP contribution in [0.4, 0.5) is 5.69 Å². The molecule has 6 bridgehead atoms. The number of hydrogen-bond donors (Lipinski definition) is 2. The molecule has 0 radical (unpaired) electrons. The topological polar surface area (TPSA) is 160 Å². The molecule has 5 atom stereocenters. The summed E-state index contributed by atoms with van der Waals surface area (Å²) in [5.41, 5.74) is 8.50. The highest BCUT2D eigenvalue weighted by Crippen LogP contribution is 2.42.